The number of ether oxygens (including phenoxy) is 5. The zero-order chi connectivity index (χ0) is 35.3. The van der Waals surface area contributed by atoms with Gasteiger partial charge in [-0.15, -0.1) is 6.58 Å². The van der Waals surface area contributed by atoms with Crippen LogP contribution in [0.4, 0.5) is 4.79 Å². The van der Waals surface area contributed by atoms with Gasteiger partial charge in [-0.25, -0.2) is 15.0 Å². The lowest BCUT2D eigenvalue weighted by Gasteiger charge is -2.28. The van der Waals surface area contributed by atoms with E-state index < -0.39 is 23.9 Å². The first kappa shape index (κ1) is 36.3. The van der Waals surface area contributed by atoms with Crippen molar-refractivity contribution in [3.63, 3.8) is 0 Å². The van der Waals surface area contributed by atoms with Crippen LogP contribution in [0.1, 0.15) is 49.1 Å². The first-order valence-electron chi connectivity index (χ1n) is 15.5. The van der Waals surface area contributed by atoms with E-state index in [2.05, 4.69) is 27.7 Å². The van der Waals surface area contributed by atoms with Gasteiger partial charge in [0.1, 0.15) is 6.61 Å². The number of urea groups is 1. The molecule has 0 aliphatic carbocycles. The molecule has 4 rings (SSSR count). The van der Waals surface area contributed by atoms with Gasteiger partial charge in [0.2, 0.25) is 0 Å². The van der Waals surface area contributed by atoms with Gasteiger partial charge in [-0.1, -0.05) is 35.9 Å². The number of carbonyl (C=O) groups excluding carboxylic acids is 3. The van der Waals surface area contributed by atoms with Crippen LogP contribution in [0.15, 0.2) is 83.6 Å². The molecule has 3 aromatic rings. The van der Waals surface area contributed by atoms with Crippen LogP contribution < -0.4 is 35.0 Å². The van der Waals surface area contributed by atoms with E-state index in [1.54, 1.807) is 56.3 Å². The van der Waals surface area contributed by atoms with Gasteiger partial charge in [0.15, 0.2) is 29.6 Å². The smallest absolute Gasteiger partial charge is 0.338 e. The van der Waals surface area contributed by atoms with Crippen molar-refractivity contribution in [1.29, 1.82) is 0 Å². The summed E-state index contributed by atoms with van der Waals surface area (Å²) in [5.74, 6) is 0.616. The van der Waals surface area contributed by atoms with Crippen molar-refractivity contribution < 1.29 is 38.1 Å². The molecule has 0 radical (unpaired) electrons. The van der Waals surface area contributed by atoms with E-state index in [9.17, 15) is 14.4 Å². The molecule has 3 N–H and O–H groups in total. The highest BCUT2D eigenvalue weighted by atomic mass is 35.5. The van der Waals surface area contributed by atoms with E-state index in [1.165, 1.54) is 13.3 Å². The zero-order valence-electron chi connectivity index (χ0n) is 27.8. The van der Waals surface area contributed by atoms with Gasteiger partial charge in [0.25, 0.3) is 5.91 Å². The van der Waals surface area contributed by atoms with E-state index in [0.29, 0.717) is 58.7 Å². The minimum atomic E-state index is -0.785. The van der Waals surface area contributed by atoms with Crippen molar-refractivity contribution in [2.45, 2.75) is 39.8 Å². The molecule has 49 heavy (non-hydrogen) atoms. The van der Waals surface area contributed by atoms with Crippen molar-refractivity contribution >= 4 is 35.7 Å². The number of rotatable bonds is 16. The molecule has 0 aromatic heterocycles. The normalized spacial score (nSPS) is 14.1. The Morgan fingerprint density at radius 1 is 1.00 bits per heavy atom. The van der Waals surface area contributed by atoms with E-state index in [1.807, 2.05) is 25.1 Å². The Hall–Kier alpha value is -5.49. The summed E-state index contributed by atoms with van der Waals surface area (Å²) in [5, 5.41) is 10.1. The molecule has 1 atom stereocenters. The first-order chi connectivity index (χ1) is 23.7. The van der Waals surface area contributed by atoms with Crippen molar-refractivity contribution in [3.8, 4) is 23.0 Å². The van der Waals surface area contributed by atoms with Crippen LogP contribution in [0, 0.1) is 0 Å². The molecular weight excluding hydrogens is 652 g/mol. The SMILES string of the molecule is C=CCc1cc(/C=N\NC(=O)COc2ccc([C@@H]3NC(=O)NC(C)=C3C(=O)OCC)cc2OC)cc(OCC)c1OCc1ccc(Cl)cc1. The molecule has 0 saturated carbocycles. The monoisotopic (exact) mass is 690 g/mol. The fourth-order valence-electron chi connectivity index (χ4n) is 4.99. The molecule has 13 heteroatoms. The molecule has 1 heterocycles. The molecule has 1 aliphatic heterocycles. The number of methoxy groups -OCH3 is 1. The van der Waals surface area contributed by atoms with Gasteiger partial charge in [-0.3, -0.25) is 4.79 Å². The van der Waals surface area contributed by atoms with E-state index in [-0.39, 0.29) is 24.5 Å². The van der Waals surface area contributed by atoms with Crippen LogP contribution in [0.25, 0.3) is 0 Å². The van der Waals surface area contributed by atoms with Crippen LogP contribution >= 0.6 is 11.6 Å². The summed E-state index contributed by atoms with van der Waals surface area (Å²) >= 11 is 6.01. The summed E-state index contributed by atoms with van der Waals surface area (Å²) in [7, 11) is 1.44. The fourth-order valence-corrected chi connectivity index (χ4v) is 5.11. The second-order valence-corrected chi connectivity index (χ2v) is 11.1. The summed E-state index contributed by atoms with van der Waals surface area (Å²) in [4.78, 5) is 37.5. The van der Waals surface area contributed by atoms with Gasteiger partial charge in [0, 0.05) is 16.3 Å². The summed E-state index contributed by atoms with van der Waals surface area (Å²) < 4.78 is 28.4. The average molecular weight is 691 g/mol. The third kappa shape index (κ3) is 9.77. The quantitative estimate of drug-likeness (QED) is 0.0743. The second-order valence-electron chi connectivity index (χ2n) is 10.6. The highest BCUT2D eigenvalue weighted by Gasteiger charge is 2.32. The lowest BCUT2D eigenvalue weighted by atomic mass is 9.95. The summed E-state index contributed by atoms with van der Waals surface area (Å²) in [6, 6.07) is 14.7. The second kappa shape index (κ2) is 17.6. The first-order valence-corrected chi connectivity index (χ1v) is 15.9. The lowest BCUT2D eigenvalue weighted by Crippen LogP contribution is -2.45. The molecule has 12 nitrogen and oxygen atoms in total. The number of carbonyl (C=O) groups is 3. The highest BCUT2D eigenvalue weighted by Crippen LogP contribution is 2.36. The molecule has 1 aliphatic rings. The predicted molar refractivity (Wildman–Crippen MR) is 185 cm³/mol. The van der Waals surface area contributed by atoms with Crippen LogP contribution in [0.3, 0.4) is 0 Å². The Morgan fingerprint density at radius 2 is 1.78 bits per heavy atom. The minimum absolute atomic E-state index is 0.177. The van der Waals surface area contributed by atoms with Crippen molar-refractivity contribution in [1.82, 2.24) is 16.1 Å². The van der Waals surface area contributed by atoms with E-state index in [0.717, 1.165) is 11.1 Å². The number of nitrogens with one attached hydrogen (secondary N) is 3. The van der Waals surface area contributed by atoms with Gasteiger partial charge >= 0.3 is 12.0 Å². The molecule has 0 unspecified atom stereocenters. The van der Waals surface area contributed by atoms with E-state index >= 15 is 0 Å². The number of benzene rings is 3. The summed E-state index contributed by atoms with van der Waals surface area (Å²) in [6.07, 6.45) is 3.78. The fraction of sp³-hybridized carbons (Fsp3) is 0.278. The molecule has 0 saturated heterocycles. The van der Waals surface area contributed by atoms with Gasteiger partial charge in [-0.2, -0.15) is 5.10 Å². The van der Waals surface area contributed by atoms with Gasteiger partial charge < -0.3 is 34.3 Å². The average Bonchev–Trinajstić information content (AvgIpc) is 3.07. The molecule has 258 valence electrons. The highest BCUT2D eigenvalue weighted by molar-refractivity contribution is 6.30. The number of nitrogens with zero attached hydrogens (tertiary/aromatic N) is 1. The molecule has 0 bridgehead atoms. The number of hydrogen-bond donors (Lipinski definition) is 3. The topological polar surface area (TPSA) is 146 Å². The largest absolute Gasteiger partial charge is 0.493 e. The maximum Gasteiger partial charge on any atom is 0.338 e. The minimum Gasteiger partial charge on any atom is -0.493 e. The number of hydrazone groups is 1. The van der Waals surface area contributed by atoms with Crippen molar-refractivity contribution in [2.75, 3.05) is 26.9 Å². The number of hydrogen-bond acceptors (Lipinski definition) is 9. The number of allylic oxidation sites excluding steroid dienone is 2. The Balaban J connectivity index is 1.42. The van der Waals surface area contributed by atoms with Crippen LogP contribution in [0.2, 0.25) is 5.02 Å². The Morgan fingerprint density at radius 3 is 2.47 bits per heavy atom. The Bertz CT molecular complexity index is 1740. The predicted octanol–water partition coefficient (Wildman–Crippen LogP) is 5.77. The van der Waals surface area contributed by atoms with Crippen molar-refractivity contribution in [2.24, 2.45) is 5.10 Å². The lowest BCUT2D eigenvalue weighted by molar-refractivity contribution is -0.139. The summed E-state index contributed by atoms with van der Waals surface area (Å²) in [5.41, 5.74) is 6.12. The zero-order valence-corrected chi connectivity index (χ0v) is 28.5. The van der Waals surface area contributed by atoms with Gasteiger partial charge in [-0.05, 0) is 80.3 Å². The van der Waals surface area contributed by atoms with Gasteiger partial charge in [0.05, 0.1) is 38.2 Å². The molecule has 3 aromatic carbocycles. The Kier molecular flexibility index (Phi) is 13.1. The number of amides is 3. The third-order valence-electron chi connectivity index (χ3n) is 7.16. The van der Waals surface area contributed by atoms with Crippen LogP contribution in [-0.2, 0) is 27.4 Å². The molecular formula is C36H39ClN4O8. The summed E-state index contributed by atoms with van der Waals surface area (Å²) in [6.45, 7) is 9.61. The Labute approximate surface area is 290 Å². The maximum atomic E-state index is 12.7. The van der Waals surface area contributed by atoms with Crippen molar-refractivity contribution in [3.05, 3.63) is 106 Å². The third-order valence-corrected chi connectivity index (χ3v) is 7.41. The number of halogens is 1. The van der Waals surface area contributed by atoms with Crippen LogP contribution in [0.5, 0.6) is 23.0 Å². The molecule has 0 spiro atoms. The van der Waals surface area contributed by atoms with Crippen LogP contribution in [-0.4, -0.2) is 51.1 Å². The molecule has 3 amide bonds. The standard InChI is InChI=1S/C36H39ClN4O8/c1-6-9-26-16-24(17-30(46-7-2)34(26)49-20-23-10-13-27(37)14-11-23)19-38-41-31(42)21-48-28-15-12-25(18-29(28)45-5)33-32(35(43)47-8-3)22(4)39-36(44)40-33/h6,10-19,33H,1,7-9,20-21H2,2-5H3,(H,41,42)(H2,39,40,44)/b38-19-/t33-/m0/s1. The van der Waals surface area contributed by atoms with E-state index in [4.69, 9.17) is 35.3 Å². The number of esters is 1. The molecule has 0 fully saturated rings. The maximum absolute atomic E-state index is 12.7.